The summed E-state index contributed by atoms with van der Waals surface area (Å²) in [5.74, 6) is 0.203. The molecule has 0 spiro atoms. The van der Waals surface area contributed by atoms with E-state index in [0.29, 0.717) is 5.92 Å². The number of nitrogens with two attached hydrogens (primary N) is 1. The molecule has 76 valence electrons. The van der Waals surface area contributed by atoms with Gasteiger partial charge in [-0.1, -0.05) is 0 Å². The highest BCUT2D eigenvalue weighted by atomic mass is 16.5. The summed E-state index contributed by atoms with van der Waals surface area (Å²) in [6, 6.07) is -0.465. The molecule has 1 fully saturated rings. The predicted molar refractivity (Wildman–Crippen MR) is 48.2 cm³/mol. The second kappa shape index (κ2) is 5.19. The molecule has 1 rings (SSSR count). The van der Waals surface area contributed by atoms with Gasteiger partial charge < -0.3 is 15.2 Å². The first-order chi connectivity index (χ1) is 6.24. The molecule has 1 saturated heterocycles. The lowest BCUT2D eigenvalue weighted by molar-refractivity contribution is -0.142. The van der Waals surface area contributed by atoms with Crippen molar-refractivity contribution in [1.82, 2.24) is 0 Å². The highest BCUT2D eigenvalue weighted by molar-refractivity contribution is 5.75. The highest BCUT2D eigenvalue weighted by Gasteiger charge is 2.21. The molecule has 0 unspecified atom stereocenters. The van der Waals surface area contributed by atoms with Gasteiger partial charge in [-0.05, 0) is 25.2 Å². The van der Waals surface area contributed by atoms with E-state index in [1.165, 1.54) is 7.11 Å². The fourth-order valence-electron chi connectivity index (χ4n) is 1.59. The molecule has 4 heteroatoms. The number of rotatable bonds is 3. The molecule has 13 heavy (non-hydrogen) atoms. The van der Waals surface area contributed by atoms with Crippen LogP contribution < -0.4 is 5.73 Å². The maximum absolute atomic E-state index is 11.0. The molecular formula is C9H17NO3. The number of carbonyl (C=O) groups is 1. The normalized spacial score (nSPS) is 21.1. The lowest BCUT2D eigenvalue weighted by atomic mass is 9.93. The Morgan fingerprint density at radius 2 is 2.23 bits per heavy atom. The smallest absolute Gasteiger partial charge is 0.322 e. The average molecular weight is 187 g/mol. The van der Waals surface area contributed by atoms with Crippen LogP contribution in [-0.4, -0.2) is 32.3 Å². The molecule has 1 atom stereocenters. The Kier molecular flexibility index (Phi) is 4.18. The first-order valence-corrected chi connectivity index (χ1v) is 4.65. The molecule has 0 aromatic heterocycles. The monoisotopic (exact) mass is 187 g/mol. The Bertz CT molecular complexity index is 166. The Balaban J connectivity index is 2.25. The zero-order valence-corrected chi connectivity index (χ0v) is 7.99. The fourth-order valence-corrected chi connectivity index (χ4v) is 1.59. The summed E-state index contributed by atoms with van der Waals surface area (Å²) in [5, 5.41) is 0. The van der Waals surface area contributed by atoms with E-state index in [9.17, 15) is 4.79 Å². The predicted octanol–water partition coefficient (Wildman–Crippen LogP) is 0.303. The van der Waals surface area contributed by atoms with Gasteiger partial charge in [0.1, 0.15) is 6.04 Å². The van der Waals surface area contributed by atoms with Crippen molar-refractivity contribution in [3.8, 4) is 0 Å². The van der Waals surface area contributed by atoms with Crippen molar-refractivity contribution in [2.45, 2.75) is 25.3 Å². The van der Waals surface area contributed by atoms with E-state index in [-0.39, 0.29) is 5.97 Å². The van der Waals surface area contributed by atoms with Gasteiger partial charge in [-0.25, -0.2) is 0 Å². The third kappa shape index (κ3) is 3.32. The summed E-state index contributed by atoms with van der Waals surface area (Å²) in [6.45, 7) is 1.58. The number of carbonyl (C=O) groups excluding carboxylic acids is 1. The van der Waals surface area contributed by atoms with E-state index in [1.807, 2.05) is 0 Å². The lowest BCUT2D eigenvalue weighted by Crippen LogP contribution is -2.35. The van der Waals surface area contributed by atoms with E-state index < -0.39 is 6.04 Å². The molecule has 0 amide bonds. The number of ether oxygens (including phenoxy) is 2. The molecule has 0 bridgehead atoms. The molecular weight excluding hydrogens is 170 g/mol. The molecule has 1 aliphatic heterocycles. The van der Waals surface area contributed by atoms with Gasteiger partial charge in [0.05, 0.1) is 7.11 Å². The van der Waals surface area contributed by atoms with Crippen molar-refractivity contribution < 1.29 is 14.3 Å². The molecule has 1 heterocycles. The molecule has 0 saturated carbocycles. The summed E-state index contributed by atoms with van der Waals surface area (Å²) in [4.78, 5) is 11.0. The zero-order chi connectivity index (χ0) is 9.68. The standard InChI is InChI=1S/C9H17NO3/c1-12-9(11)8(10)6-7-2-4-13-5-3-7/h7-8H,2-6,10H2,1H3/t8-/m1/s1. The third-order valence-electron chi connectivity index (χ3n) is 2.43. The number of hydrogen-bond acceptors (Lipinski definition) is 4. The topological polar surface area (TPSA) is 61.5 Å². The van der Waals surface area contributed by atoms with Crippen molar-refractivity contribution in [2.75, 3.05) is 20.3 Å². The Morgan fingerprint density at radius 1 is 1.62 bits per heavy atom. The van der Waals surface area contributed by atoms with Gasteiger partial charge in [-0.2, -0.15) is 0 Å². The quantitative estimate of drug-likeness (QED) is 0.646. The summed E-state index contributed by atoms with van der Waals surface area (Å²) in [5.41, 5.74) is 5.64. The highest BCUT2D eigenvalue weighted by Crippen LogP contribution is 2.19. The fraction of sp³-hybridized carbons (Fsp3) is 0.889. The molecule has 0 aromatic rings. The minimum absolute atomic E-state index is 0.313. The Hall–Kier alpha value is -0.610. The van der Waals surface area contributed by atoms with Crippen LogP contribution in [0.1, 0.15) is 19.3 Å². The van der Waals surface area contributed by atoms with Crippen LogP contribution in [0.4, 0.5) is 0 Å². The van der Waals surface area contributed by atoms with E-state index in [0.717, 1.165) is 32.5 Å². The van der Waals surface area contributed by atoms with Crippen LogP contribution in [0.25, 0.3) is 0 Å². The number of methoxy groups -OCH3 is 1. The third-order valence-corrected chi connectivity index (χ3v) is 2.43. The minimum Gasteiger partial charge on any atom is -0.468 e. The van der Waals surface area contributed by atoms with Crippen molar-refractivity contribution in [3.63, 3.8) is 0 Å². The Labute approximate surface area is 78.4 Å². The minimum atomic E-state index is -0.465. The van der Waals surface area contributed by atoms with E-state index >= 15 is 0 Å². The summed E-state index contributed by atoms with van der Waals surface area (Å²) < 4.78 is 9.77. The van der Waals surface area contributed by atoms with Gasteiger partial charge >= 0.3 is 5.97 Å². The van der Waals surface area contributed by atoms with Crippen molar-refractivity contribution >= 4 is 5.97 Å². The summed E-state index contributed by atoms with van der Waals surface area (Å²) >= 11 is 0. The Morgan fingerprint density at radius 3 is 2.77 bits per heavy atom. The second-order valence-corrected chi connectivity index (χ2v) is 3.42. The summed E-state index contributed by atoms with van der Waals surface area (Å²) in [6.07, 6.45) is 2.73. The van der Waals surface area contributed by atoms with E-state index in [4.69, 9.17) is 10.5 Å². The number of hydrogen-bond donors (Lipinski definition) is 1. The molecule has 4 nitrogen and oxygen atoms in total. The zero-order valence-electron chi connectivity index (χ0n) is 7.99. The molecule has 2 N–H and O–H groups in total. The van der Waals surface area contributed by atoms with Gasteiger partial charge in [0.15, 0.2) is 0 Å². The average Bonchev–Trinajstić information content (AvgIpc) is 2.18. The van der Waals surface area contributed by atoms with E-state index in [1.54, 1.807) is 0 Å². The van der Waals surface area contributed by atoms with Gasteiger partial charge in [0.2, 0.25) is 0 Å². The summed E-state index contributed by atoms with van der Waals surface area (Å²) in [7, 11) is 1.37. The number of esters is 1. The van der Waals surface area contributed by atoms with Crippen molar-refractivity contribution in [3.05, 3.63) is 0 Å². The van der Waals surface area contributed by atoms with Crippen LogP contribution in [-0.2, 0) is 14.3 Å². The van der Waals surface area contributed by atoms with Gasteiger partial charge in [-0.15, -0.1) is 0 Å². The van der Waals surface area contributed by atoms with E-state index in [2.05, 4.69) is 4.74 Å². The lowest BCUT2D eigenvalue weighted by Gasteiger charge is -2.23. The van der Waals surface area contributed by atoms with Gasteiger partial charge in [0.25, 0.3) is 0 Å². The first kappa shape index (κ1) is 10.5. The molecule has 0 radical (unpaired) electrons. The first-order valence-electron chi connectivity index (χ1n) is 4.65. The van der Waals surface area contributed by atoms with Crippen LogP contribution >= 0.6 is 0 Å². The van der Waals surface area contributed by atoms with Gasteiger partial charge in [0, 0.05) is 13.2 Å². The maximum atomic E-state index is 11.0. The second-order valence-electron chi connectivity index (χ2n) is 3.42. The van der Waals surface area contributed by atoms with Crippen LogP contribution in [0.2, 0.25) is 0 Å². The molecule has 0 aliphatic carbocycles. The van der Waals surface area contributed by atoms with Crippen LogP contribution in [0.3, 0.4) is 0 Å². The maximum Gasteiger partial charge on any atom is 0.322 e. The molecule has 1 aliphatic rings. The van der Waals surface area contributed by atoms with Crippen LogP contribution in [0.5, 0.6) is 0 Å². The largest absolute Gasteiger partial charge is 0.468 e. The van der Waals surface area contributed by atoms with Crippen molar-refractivity contribution in [1.29, 1.82) is 0 Å². The van der Waals surface area contributed by atoms with Gasteiger partial charge in [-0.3, -0.25) is 4.79 Å². The van der Waals surface area contributed by atoms with Crippen LogP contribution in [0.15, 0.2) is 0 Å². The SMILES string of the molecule is COC(=O)[C@H](N)CC1CCOCC1. The van der Waals surface area contributed by atoms with Crippen molar-refractivity contribution in [2.24, 2.45) is 11.7 Å². The molecule has 0 aromatic carbocycles. The van der Waals surface area contributed by atoms with Crippen LogP contribution in [0, 0.1) is 5.92 Å².